The summed E-state index contributed by atoms with van der Waals surface area (Å²) in [4.78, 5) is 41.7. The van der Waals surface area contributed by atoms with Crippen molar-refractivity contribution in [1.29, 1.82) is 0 Å². The predicted molar refractivity (Wildman–Crippen MR) is 146 cm³/mol. The summed E-state index contributed by atoms with van der Waals surface area (Å²) in [5.74, 6) is -1.21. The van der Waals surface area contributed by atoms with Gasteiger partial charge in [-0.15, -0.1) is 0 Å². The molecule has 0 aromatic heterocycles. The third-order valence-electron chi connectivity index (χ3n) is 6.58. The predicted octanol–water partition coefficient (Wildman–Crippen LogP) is 5.84. The van der Waals surface area contributed by atoms with Crippen LogP contribution in [0.15, 0.2) is 30.3 Å². The normalized spacial score (nSPS) is 14.3. The second-order valence-corrected chi connectivity index (χ2v) is 33.4. The van der Waals surface area contributed by atoms with Gasteiger partial charge in [0.15, 0.2) is 0 Å². The molecule has 34 heavy (non-hydrogen) atoms. The van der Waals surface area contributed by atoms with Gasteiger partial charge in [0.1, 0.15) is 0 Å². The van der Waals surface area contributed by atoms with E-state index in [-0.39, 0.29) is 17.8 Å². The molecule has 13 heteroatoms. The molecule has 1 rings (SSSR count). The Morgan fingerprint density at radius 3 is 1.24 bits per heavy atom. The van der Waals surface area contributed by atoms with Crippen LogP contribution >= 0.6 is 42.0 Å². The Bertz CT molecular complexity index is 825. The van der Waals surface area contributed by atoms with Gasteiger partial charge in [-0.25, -0.2) is 0 Å². The van der Waals surface area contributed by atoms with Crippen LogP contribution in [0, 0.1) is 23.7 Å². The summed E-state index contributed by atoms with van der Waals surface area (Å²) in [7, 11) is 8.45. The number of rotatable bonds is 9. The summed E-state index contributed by atoms with van der Waals surface area (Å²) in [5.41, 5.74) is -0.813. The molecule has 0 aliphatic rings. The van der Waals surface area contributed by atoms with Crippen LogP contribution in [0.2, 0.25) is 0 Å². The van der Waals surface area contributed by atoms with Gasteiger partial charge in [0.25, 0.3) is 0 Å². The molecule has 0 aliphatic heterocycles. The number of halogens is 3. The van der Waals surface area contributed by atoms with Gasteiger partial charge in [-0.3, -0.25) is 14.0 Å². The van der Waals surface area contributed by atoms with Gasteiger partial charge < -0.3 is 19.6 Å². The maximum absolute atomic E-state index is 12.5. The second kappa shape index (κ2) is 12.8. The average Bonchev–Trinajstić information content (AvgIpc) is 2.59. The van der Waals surface area contributed by atoms with Crippen LogP contribution in [0.1, 0.15) is 55.4 Å². The Hall–Kier alpha value is 1.15. The first kappa shape index (κ1) is 35.1. The zero-order valence-corrected chi connectivity index (χ0v) is 28.2. The van der Waals surface area contributed by atoms with Crippen molar-refractivity contribution < 1.29 is 28.7 Å². The van der Waals surface area contributed by atoms with Crippen LogP contribution in [0.5, 0.6) is 0 Å². The number of hydrogen-bond donors (Lipinski definition) is 4. The third-order valence-corrected chi connectivity index (χ3v) is 18.7. The molecular formula is C21H40Cl3NO6P2Sn. The molecule has 1 aromatic rings. The minimum absolute atomic E-state index is 0.0845. The fourth-order valence-corrected chi connectivity index (χ4v) is 13.7. The summed E-state index contributed by atoms with van der Waals surface area (Å²) < 4.78 is 25.8. The first-order chi connectivity index (χ1) is 15.0. The van der Waals surface area contributed by atoms with Gasteiger partial charge in [-0.2, -0.15) is 0 Å². The molecule has 0 amide bonds. The van der Waals surface area contributed by atoms with Gasteiger partial charge in [-0.1, -0.05) is 55.4 Å². The summed E-state index contributed by atoms with van der Waals surface area (Å²) in [5, 5.41) is -2.57. The van der Waals surface area contributed by atoms with Gasteiger partial charge in [0.05, 0.1) is 0 Å². The molecule has 0 fully saturated rings. The van der Waals surface area contributed by atoms with E-state index in [1.807, 2.05) is 71.9 Å². The van der Waals surface area contributed by atoms with Gasteiger partial charge in [0.2, 0.25) is 5.02 Å². The van der Waals surface area contributed by atoms with Crippen LogP contribution in [-0.4, -0.2) is 57.1 Å². The Kier molecular flexibility index (Phi) is 13.2. The molecule has 0 unspecified atom stereocenters. The SMILES string of the molecule is CC(C)C(C(C)C)(C(C)C)N(C)C(C(C)C)(P(=O)(O)O)P(=O)(O)O.[Cl][Sn]([Cl])([Cl])[c]1ccccc1. The van der Waals surface area contributed by atoms with Crippen LogP contribution in [0.4, 0.5) is 0 Å². The first-order valence-corrected chi connectivity index (χ1v) is 26.5. The van der Waals surface area contributed by atoms with E-state index >= 15 is 0 Å². The molecule has 7 nitrogen and oxygen atoms in total. The molecule has 0 spiro atoms. The first-order valence-electron chi connectivity index (χ1n) is 11.0. The second-order valence-electron chi connectivity index (χ2n) is 9.70. The topological polar surface area (TPSA) is 118 Å². The standard InChI is InChI=1S/C15H35NO6P2.C6H5.3ClH.Sn/c1-10(2)14(11(3)4,12(5)6)16(9)15(13(7)8,23(17,18)19)24(20,21)22;1-2-4-6-5-3-1;;;;/h10-13H,1-9H3,(H2,17,18,19)(H2,20,21,22);1-5H;3*1H;/q;;;;;+3/p-3. The van der Waals surface area contributed by atoms with Crippen molar-refractivity contribution in [2.45, 2.75) is 65.9 Å². The quantitative estimate of drug-likeness (QED) is 0.190. The van der Waals surface area contributed by atoms with Crippen molar-refractivity contribution in [3.8, 4) is 0 Å². The molecule has 0 saturated heterocycles. The molecule has 0 heterocycles. The molecule has 4 N–H and O–H groups in total. The van der Waals surface area contributed by atoms with E-state index in [9.17, 15) is 28.7 Å². The molecule has 0 radical (unpaired) electrons. The van der Waals surface area contributed by atoms with Crippen molar-refractivity contribution in [1.82, 2.24) is 4.90 Å². The number of nitrogens with zero attached hydrogens (tertiary/aromatic N) is 1. The fourth-order valence-electron chi connectivity index (χ4n) is 5.69. The molecule has 0 saturated carbocycles. The van der Waals surface area contributed by atoms with Gasteiger partial charge >= 0.3 is 90.9 Å². The average molecular weight is 690 g/mol. The maximum atomic E-state index is 12.5. The van der Waals surface area contributed by atoms with Crippen molar-refractivity contribution in [2.75, 3.05) is 7.05 Å². The van der Waals surface area contributed by atoms with E-state index in [2.05, 4.69) is 0 Å². The summed E-state index contributed by atoms with van der Waals surface area (Å²) in [6.07, 6.45) is 0. The zero-order valence-electron chi connectivity index (χ0n) is 21.3. The van der Waals surface area contributed by atoms with Crippen molar-refractivity contribution >= 4 is 60.5 Å². The van der Waals surface area contributed by atoms with Gasteiger partial charge in [-0.05, 0) is 30.7 Å². The van der Waals surface area contributed by atoms with E-state index in [0.717, 1.165) is 3.58 Å². The Labute approximate surface area is 219 Å². The third kappa shape index (κ3) is 7.17. The Balaban J connectivity index is 0.000000896. The minimum atomic E-state index is -5.19. The van der Waals surface area contributed by atoms with Gasteiger partial charge in [0, 0.05) is 5.54 Å². The molecule has 0 atom stereocenters. The van der Waals surface area contributed by atoms with E-state index in [0.29, 0.717) is 0 Å². The van der Waals surface area contributed by atoms with Crippen LogP contribution in [-0.2, 0) is 9.13 Å². The van der Waals surface area contributed by atoms with Crippen LogP contribution < -0.4 is 3.58 Å². The van der Waals surface area contributed by atoms with Crippen LogP contribution in [0.25, 0.3) is 0 Å². The van der Waals surface area contributed by atoms with Crippen molar-refractivity contribution in [3.05, 3.63) is 30.3 Å². The zero-order chi connectivity index (χ0) is 27.5. The number of benzene rings is 1. The van der Waals surface area contributed by atoms with E-state index in [4.69, 9.17) is 26.8 Å². The van der Waals surface area contributed by atoms with E-state index < -0.39 is 46.7 Å². The fraction of sp³-hybridized carbons (Fsp3) is 0.714. The van der Waals surface area contributed by atoms with Crippen LogP contribution in [0.3, 0.4) is 0 Å². The summed E-state index contributed by atoms with van der Waals surface area (Å²) in [6.45, 7) is 14.4. The summed E-state index contributed by atoms with van der Waals surface area (Å²) in [6, 6.07) is 9.40. The monoisotopic (exact) mass is 689 g/mol. The molecular weight excluding hydrogens is 649 g/mol. The molecule has 0 bridgehead atoms. The Morgan fingerprint density at radius 1 is 0.735 bits per heavy atom. The molecule has 1 aromatic carbocycles. The molecule has 0 aliphatic carbocycles. The Morgan fingerprint density at radius 2 is 1.06 bits per heavy atom. The van der Waals surface area contributed by atoms with Crippen molar-refractivity contribution in [3.63, 3.8) is 0 Å². The van der Waals surface area contributed by atoms with Crippen molar-refractivity contribution in [2.24, 2.45) is 23.7 Å². The van der Waals surface area contributed by atoms with E-state index in [1.165, 1.54) is 25.8 Å². The summed E-state index contributed by atoms with van der Waals surface area (Å²) >= 11 is -3.30. The molecule has 200 valence electrons. The number of hydrogen-bond acceptors (Lipinski definition) is 3. The van der Waals surface area contributed by atoms with E-state index in [1.54, 1.807) is 0 Å².